The van der Waals surface area contributed by atoms with Gasteiger partial charge in [0, 0.05) is 23.9 Å². The Morgan fingerprint density at radius 3 is 2.78 bits per heavy atom. The fourth-order valence-corrected chi connectivity index (χ4v) is 4.14. The van der Waals surface area contributed by atoms with Gasteiger partial charge in [-0.15, -0.1) is 0 Å². The Labute approximate surface area is 138 Å². The predicted octanol–water partition coefficient (Wildman–Crippen LogP) is 4.51. The van der Waals surface area contributed by atoms with Crippen LogP contribution in [-0.2, 0) is 17.8 Å². The zero-order chi connectivity index (χ0) is 15.8. The maximum atomic E-state index is 6.10. The summed E-state index contributed by atoms with van der Waals surface area (Å²) in [5.41, 5.74) is 4.27. The van der Waals surface area contributed by atoms with Gasteiger partial charge in [0.2, 0.25) is 0 Å². The number of nitrogens with zero attached hydrogens (tertiary/aromatic N) is 2. The van der Waals surface area contributed by atoms with Crippen LogP contribution in [0.1, 0.15) is 55.7 Å². The van der Waals surface area contributed by atoms with Crippen LogP contribution in [0, 0.1) is 5.92 Å². The molecule has 2 aromatic rings. The van der Waals surface area contributed by atoms with Crippen LogP contribution in [0.4, 0.5) is 0 Å². The maximum absolute atomic E-state index is 6.10. The normalized spacial score (nSPS) is 24.6. The van der Waals surface area contributed by atoms with Crippen molar-refractivity contribution in [2.24, 2.45) is 5.92 Å². The van der Waals surface area contributed by atoms with Crippen molar-refractivity contribution in [3.8, 4) is 0 Å². The molecule has 2 aliphatic rings. The van der Waals surface area contributed by atoms with Gasteiger partial charge < -0.3 is 4.57 Å². The van der Waals surface area contributed by atoms with E-state index in [1.807, 2.05) is 0 Å². The lowest BCUT2D eigenvalue weighted by atomic mass is 10.00. The van der Waals surface area contributed by atoms with Crippen LogP contribution in [-0.4, -0.2) is 16.2 Å². The standard InChI is InChI=1S/C20H26N2O/c1-3-4-10-18-11-12-19-20-17(13-21(18)19)14-23-22(20)15(2)16-8-6-5-7-9-16/h5-9,11-12,15,17,20H,3-4,10,13-14H2,1-2H3/t15-,17-,20+/m1/s1. The molecule has 0 spiro atoms. The van der Waals surface area contributed by atoms with Crippen LogP contribution in [0.3, 0.4) is 0 Å². The van der Waals surface area contributed by atoms with Crippen LogP contribution in [0.2, 0.25) is 0 Å². The smallest absolute Gasteiger partial charge is 0.0828 e. The van der Waals surface area contributed by atoms with E-state index in [1.54, 1.807) is 0 Å². The van der Waals surface area contributed by atoms with Gasteiger partial charge in [-0.25, -0.2) is 0 Å². The second-order valence-electron chi connectivity index (χ2n) is 6.91. The van der Waals surface area contributed by atoms with Crippen molar-refractivity contribution < 1.29 is 4.84 Å². The summed E-state index contributed by atoms with van der Waals surface area (Å²) >= 11 is 0. The van der Waals surface area contributed by atoms with Crippen LogP contribution in [0.15, 0.2) is 42.5 Å². The van der Waals surface area contributed by atoms with E-state index in [0.29, 0.717) is 12.0 Å². The fourth-order valence-electron chi connectivity index (χ4n) is 4.14. The van der Waals surface area contributed by atoms with Gasteiger partial charge in [-0.1, -0.05) is 43.7 Å². The first kappa shape index (κ1) is 15.0. The molecule has 0 bridgehead atoms. The molecule has 0 aliphatic carbocycles. The largest absolute Gasteiger partial charge is 0.347 e. The summed E-state index contributed by atoms with van der Waals surface area (Å²) in [6, 6.07) is 16.0. The van der Waals surface area contributed by atoms with Crippen molar-refractivity contribution in [2.45, 2.75) is 51.7 Å². The molecule has 2 aliphatic heterocycles. The van der Waals surface area contributed by atoms with Gasteiger partial charge in [0.15, 0.2) is 0 Å². The van der Waals surface area contributed by atoms with E-state index >= 15 is 0 Å². The van der Waals surface area contributed by atoms with Crippen molar-refractivity contribution in [1.29, 1.82) is 0 Å². The molecular weight excluding hydrogens is 284 g/mol. The van der Waals surface area contributed by atoms with Gasteiger partial charge >= 0.3 is 0 Å². The van der Waals surface area contributed by atoms with E-state index in [9.17, 15) is 0 Å². The number of hydrogen-bond acceptors (Lipinski definition) is 2. The Bertz CT molecular complexity index is 664. The third-order valence-corrected chi connectivity index (χ3v) is 5.43. The number of unbranched alkanes of at least 4 members (excludes halogenated alkanes) is 1. The monoisotopic (exact) mass is 310 g/mol. The second-order valence-corrected chi connectivity index (χ2v) is 6.91. The Hall–Kier alpha value is -1.58. The lowest BCUT2D eigenvalue weighted by molar-refractivity contribution is -0.162. The number of aromatic nitrogens is 1. The number of hydrogen-bond donors (Lipinski definition) is 0. The van der Waals surface area contributed by atoms with Gasteiger partial charge in [-0.2, -0.15) is 5.06 Å². The highest BCUT2D eigenvalue weighted by Gasteiger charge is 2.45. The molecule has 122 valence electrons. The summed E-state index contributed by atoms with van der Waals surface area (Å²) in [6.07, 6.45) is 3.73. The molecule has 3 heteroatoms. The predicted molar refractivity (Wildman–Crippen MR) is 91.9 cm³/mol. The molecular formula is C20H26N2O. The Kier molecular flexibility index (Phi) is 4.00. The third kappa shape index (κ3) is 2.52. The van der Waals surface area contributed by atoms with Gasteiger partial charge in [0.05, 0.1) is 18.7 Å². The van der Waals surface area contributed by atoms with Crippen molar-refractivity contribution in [1.82, 2.24) is 9.63 Å². The SMILES string of the molecule is CCCCc1ccc2n1C[C@@H]1CON([C@H](C)c3ccccc3)[C@H]21. The van der Waals surface area contributed by atoms with E-state index < -0.39 is 0 Å². The van der Waals surface area contributed by atoms with Crippen molar-refractivity contribution in [3.05, 3.63) is 59.4 Å². The second kappa shape index (κ2) is 6.14. The Morgan fingerprint density at radius 2 is 2.00 bits per heavy atom. The first-order valence-corrected chi connectivity index (χ1v) is 8.94. The molecule has 0 unspecified atom stereocenters. The fraction of sp³-hybridized carbons (Fsp3) is 0.500. The summed E-state index contributed by atoms with van der Waals surface area (Å²) in [7, 11) is 0. The first-order chi connectivity index (χ1) is 11.3. The quantitative estimate of drug-likeness (QED) is 0.808. The van der Waals surface area contributed by atoms with E-state index in [-0.39, 0.29) is 6.04 Å². The van der Waals surface area contributed by atoms with Crippen molar-refractivity contribution >= 4 is 0 Å². The topological polar surface area (TPSA) is 17.4 Å². The summed E-state index contributed by atoms with van der Waals surface area (Å²) < 4.78 is 2.55. The first-order valence-electron chi connectivity index (χ1n) is 8.94. The molecule has 1 saturated heterocycles. The Balaban J connectivity index is 1.59. The van der Waals surface area contributed by atoms with E-state index in [2.05, 4.69) is 65.9 Å². The third-order valence-electron chi connectivity index (χ3n) is 5.43. The molecule has 1 aromatic carbocycles. The lowest BCUT2D eigenvalue weighted by Crippen LogP contribution is -2.26. The average Bonchev–Trinajstić information content (AvgIpc) is 3.25. The number of hydroxylamine groups is 2. The summed E-state index contributed by atoms with van der Waals surface area (Å²) in [5, 5.41) is 2.24. The number of fused-ring (bicyclic) bond motifs is 3. The molecule has 3 nitrogen and oxygen atoms in total. The molecule has 1 aromatic heterocycles. The van der Waals surface area contributed by atoms with Gasteiger partial charge in [0.25, 0.3) is 0 Å². The van der Waals surface area contributed by atoms with E-state index in [1.165, 1.54) is 36.2 Å². The molecule has 23 heavy (non-hydrogen) atoms. The molecule has 0 saturated carbocycles. The number of benzene rings is 1. The van der Waals surface area contributed by atoms with Gasteiger partial charge in [0.1, 0.15) is 0 Å². The summed E-state index contributed by atoms with van der Waals surface area (Å²) in [6.45, 7) is 6.47. The minimum atomic E-state index is 0.284. The van der Waals surface area contributed by atoms with E-state index in [0.717, 1.165) is 13.2 Å². The Morgan fingerprint density at radius 1 is 1.17 bits per heavy atom. The highest BCUT2D eigenvalue weighted by atomic mass is 16.7. The molecule has 0 amide bonds. The van der Waals surface area contributed by atoms with Crippen molar-refractivity contribution in [3.63, 3.8) is 0 Å². The van der Waals surface area contributed by atoms with Crippen molar-refractivity contribution in [2.75, 3.05) is 6.61 Å². The zero-order valence-corrected chi connectivity index (χ0v) is 14.1. The van der Waals surface area contributed by atoms with Crippen LogP contribution < -0.4 is 0 Å². The molecule has 3 atom stereocenters. The van der Waals surface area contributed by atoms with Crippen LogP contribution in [0.25, 0.3) is 0 Å². The van der Waals surface area contributed by atoms with Gasteiger partial charge in [-0.05, 0) is 37.5 Å². The number of rotatable bonds is 5. The number of aryl methyl sites for hydroxylation is 1. The van der Waals surface area contributed by atoms with Crippen LogP contribution >= 0.6 is 0 Å². The average molecular weight is 310 g/mol. The molecule has 4 rings (SSSR count). The molecule has 1 fully saturated rings. The molecule has 0 N–H and O–H groups in total. The minimum absolute atomic E-state index is 0.284. The highest BCUT2D eigenvalue weighted by Crippen LogP contribution is 2.46. The zero-order valence-electron chi connectivity index (χ0n) is 14.1. The lowest BCUT2D eigenvalue weighted by Gasteiger charge is -2.28. The summed E-state index contributed by atoms with van der Waals surface area (Å²) in [4.78, 5) is 6.10. The van der Waals surface area contributed by atoms with Gasteiger partial charge in [-0.3, -0.25) is 4.84 Å². The minimum Gasteiger partial charge on any atom is -0.347 e. The highest BCUT2D eigenvalue weighted by molar-refractivity contribution is 5.26. The molecule has 0 radical (unpaired) electrons. The summed E-state index contributed by atoms with van der Waals surface area (Å²) in [5.74, 6) is 0.595. The van der Waals surface area contributed by atoms with Crippen LogP contribution in [0.5, 0.6) is 0 Å². The molecule has 3 heterocycles. The maximum Gasteiger partial charge on any atom is 0.0828 e. The van der Waals surface area contributed by atoms with E-state index in [4.69, 9.17) is 4.84 Å².